The van der Waals surface area contributed by atoms with Gasteiger partial charge < -0.3 is 9.84 Å². The maximum Gasteiger partial charge on any atom is 0.417 e. The van der Waals surface area contributed by atoms with Gasteiger partial charge in [0.25, 0.3) is 5.56 Å². The summed E-state index contributed by atoms with van der Waals surface area (Å²) >= 11 is 7.55. The number of carboxylic acid groups (broad SMARTS) is 1. The van der Waals surface area contributed by atoms with Crippen molar-refractivity contribution < 1.29 is 32.2 Å². The number of benzene rings is 2. The van der Waals surface area contributed by atoms with Crippen LogP contribution in [0, 0.1) is 37.9 Å². The van der Waals surface area contributed by atoms with Gasteiger partial charge in [0.05, 0.1) is 50.0 Å². The van der Waals surface area contributed by atoms with Crippen LogP contribution < -0.4 is 10.3 Å². The average molecular weight is 708 g/mol. The van der Waals surface area contributed by atoms with Crippen molar-refractivity contribution in [3.05, 3.63) is 103 Å². The number of nitrogens with zero attached hydrogens (tertiary/aromatic N) is 5. The summed E-state index contributed by atoms with van der Waals surface area (Å²) in [4.78, 5) is 38.1. The number of aromatic nitrogens is 4. The van der Waals surface area contributed by atoms with E-state index in [0.29, 0.717) is 43.9 Å². The highest BCUT2D eigenvalue weighted by Gasteiger charge is 2.37. The Hall–Kier alpha value is -5.39. The van der Waals surface area contributed by atoms with E-state index in [2.05, 4.69) is 15.0 Å². The molecule has 248 valence electrons. The number of hydrogen-bond acceptors (Lipinski definition) is 8. The zero-order chi connectivity index (χ0) is 35.4. The minimum atomic E-state index is -4.97. The van der Waals surface area contributed by atoms with E-state index in [0.717, 1.165) is 12.3 Å². The second-order valence-corrected chi connectivity index (χ2v) is 12.3. The first kappa shape index (κ1) is 33.5. The van der Waals surface area contributed by atoms with Crippen molar-refractivity contribution in [1.29, 1.82) is 5.26 Å². The van der Waals surface area contributed by atoms with Crippen molar-refractivity contribution in [3.63, 3.8) is 0 Å². The van der Waals surface area contributed by atoms with Crippen molar-refractivity contribution in [2.45, 2.75) is 33.5 Å². The summed E-state index contributed by atoms with van der Waals surface area (Å²) in [6.07, 6.45) is -3.95. The average Bonchev–Trinajstić information content (AvgIpc) is 3.47. The molecule has 0 fully saturated rings. The Morgan fingerprint density at radius 1 is 1.12 bits per heavy atom. The van der Waals surface area contributed by atoms with Gasteiger partial charge in [0, 0.05) is 44.5 Å². The van der Waals surface area contributed by atoms with E-state index >= 15 is 0 Å². The molecule has 0 saturated carbocycles. The minimum Gasteiger partial charge on any atom is -0.491 e. The molecule has 0 unspecified atom stereocenters. The Labute approximate surface area is 283 Å². The zero-order valence-corrected chi connectivity index (χ0v) is 27.3. The molecule has 4 heterocycles. The predicted molar refractivity (Wildman–Crippen MR) is 176 cm³/mol. The lowest BCUT2D eigenvalue weighted by molar-refractivity contribution is -0.137. The normalized spacial score (nSPS) is 11.7. The molecule has 0 spiro atoms. The molecule has 9 nitrogen and oxygen atoms in total. The number of nitriles is 1. The predicted octanol–water partition coefficient (Wildman–Crippen LogP) is 8.12. The summed E-state index contributed by atoms with van der Waals surface area (Å²) in [5.74, 6) is -1.58. The van der Waals surface area contributed by atoms with Gasteiger partial charge in [0.15, 0.2) is 0 Å². The number of fused-ring (bicyclic) bond motifs is 2. The van der Waals surface area contributed by atoms with Crippen LogP contribution in [0.15, 0.2) is 52.8 Å². The number of aromatic carboxylic acids is 1. The number of ether oxygens (including phenoxy) is 1. The van der Waals surface area contributed by atoms with E-state index in [9.17, 15) is 37.5 Å². The van der Waals surface area contributed by atoms with E-state index in [1.165, 1.54) is 35.1 Å². The second kappa shape index (κ2) is 12.6. The number of halogens is 5. The van der Waals surface area contributed by atoms with E-state index in [1.807, 2.05) is 0 Å². The summed E-state index contributed by atoms with van der Waals surface area (Å²) in [5.41, 5.74) is -1.96. The molecular weight excluding hydrogens is 686 g/mol. The molecular formula is C34H22ClF4N5O4S. The van der Waals surface area contributed by atoms with Crippen molar-refractivity contribution in [2.24, 2.45) is 0 Å². The van der Waals surface area contributed by atoms with Crippen LogP contribution in [0.1, 0.15) is 38.7 Å². The van der Waals surface area contributed by atoms with E-state index in [-0.39, 0.29) is 46.7 Å². The highest BCUT2D eigenvalue weighted by molar-refractivity contribution is 7.18. The Kier molecular flexibility index (Phi) is 8.60. The Balaban J connectivity index is 1.42. The van der Waals surface area contributed by atoms with Crippen molar-refractivity contribution in [1.82, 2.24) is 19.5 Å². The van der Waals surface area contributed by atoms with Crippen LogP contribution in [0.5, 0.6) is 5.75 Å². The first-order valence-corrected chi connectivity index (χ1v) is 15.7. The summed E-state index contributed by atoms with van der Waals surface area (Å²) in [6, 6.07) is 9.89. The molecule has 0 aliphatic heterocycles. The van der Waals surface area contributed by atoms with E-state index in [1.54, 1.807) is 37.3 Å². The lowest BCUT2D eigenvalue weighted by Gasteiger charge is -2.18. The fourth-order valence-electron chi connectivity index (χ4n) is 5.61. The number of thiophene rings is 1. The summed E-state index contributed by atoms with van der Waals surface area (Å²) in [5, 5.41) is 21.3. The third-order valence-electron chi connectivity index (χ3n) is 7.85. The first-order valence-electron chi connectivity index (χ1n) is 14.4. The maximum atomic E-state index is 14.5. The number of carboxylic acids is 1. The molecule has 0 bridgehead atoms. The monoisotopic (exact) mass is 707 g/mol. The highest BCUT2D eigenvalue weighted by atomic mass is 35.5. The molecule has 0 atom stereocenters. The molecule has 6 rings (SSSR count). The molecule has 15 heteroatoms. The van der Waals surface area contributed by atoms with Gasteiger partial charge in [-0.15, -0.1) is 11.3 Å². The van der Waals surface area contributed by atoms with Crippen LogP contribution >= 0.6 is 22.9 Å². The van der Waals surface area contributed by atoms with Gasteiger partial charge in [0.2, 0.25) is 0 Å². The molecule has 0 amide bonds. The molecule has 0 aliphatic rings. The molecule has 1 N–H and O–H groups in total. The van der Waals surface area contributed by atoms with Gasteiger partial charge in [-0.05, 0) is 57.2 Å². The molecule has 0 aliphatic carbocycles. The fraction of sp³-hybridized carbons (Fsp3) is 0.176. The smallest absolute Gasteiger partial charge is 0.417 e. The van der Waals surface area contributed by atoms with Gasteiger partial charge in [-0.25, -0.2) is 14.2 Å². The van der Waals surface area contributed by atoms with Crippen LogP contribution in [0.25, 0.3) is 43.4 Å². The molecule has 6 aromatic rings. The lowest BCUT2D eigenvalue weighted by atomic mass is 9.92. The molecule has 2 aromatic carbocycles. The molecule has 0 saturated heterocycles. The second-order valence-electron chi connectivity index (χ2n) is 11.0. The Morgan fingerprint density at radius 2 is 1.88 bits per heavy atom. The molecule has 49 heavy (non-hydrogen) atoms. The first-order chi connectivity index (χ1) is 23.2. The standard InChI is InChI=1S/C34H22ClF4N5O4S/c1-15-8-21(31-30(42-15)23(14-49-31)33(46)47)20-10-19(35)4-5-27(20)48-7-6-44-17(3)43-26-11-24(34(37,38)39)28(22(12-40)29(26)32(44)45)18-9-25(36)16(2)41-13-18/h4-5,8-11,13-14H,6-7H2,1-3H3,(H,46,47). The van der Waals surface area contributed by atoms with Gasteiger partial charge >= 0.3 is 12.1 Å². The third-order valence-corrected chi connectivity index (χ3v) is 9.09. The minimum absolute atomic E-state index is 0.0519. The van der Waals surface area contributed by atoms with Gasteiger partial charge in [-0.1, -0.05) is 11.6 Å². The van der Waals surface area contributed by atoms with Crippen molar-refractivity contribution in [2.75, 3.05) is 6.61 Å². The zero-order valence-electron chi connectivity index (χ0n) is 25.7. The maximum absolute atomic E-state index is 14.5. The van der Waals surface area contributed by atoms with E-state index in [4.69, 9.17) is 16.3 Å². The Bertz CT molecular complexity index is 2450. The third kappa shape index (κ3) is 6.07. The topological polar surface area (TPSA) is 131 Å². The lowest BCUT2D eigenvalue weighted by Crippen LogP contribution is -2.27. The number of pyridine rings is 2. The number of rotatable bonds is 7. The summed E-state index contributed by atoms with van der Waals surface area (Å²) in [7, 11) is 0. The fourth-order valence-corrected chi connectivity index (χ4v) is 6.79. The number of aryl methyl sites for hydroxylation is 3. The van der Waals surface area contributed by atoms with Crippen molar-refractivity contribution in [3.8, 4) is 34.1 Å². The van der Waals surface area contributed by atoms with Crippen LogP contribution in [-0.2, 0) is 12.7 Å². The molecule has 0 radical (unpaired) electrons. The summed E-state index contributed by atoms with van der Waals surface area (Å²) in [6.45, 7) is 4.26. The molecule has 4 aromatic heterocycles. The van der Waals surface area contributed by atoms with Gasteiger partial charge in [-0.3, -0.25) is 19.3 Å². The number of hydrogen-bond donors (Lipinski definition) is 1. The summed E-state index contributed by atoms with van der Waals surface area (Å²) < 4.78 is 65.3. The Morgan fingerprint density at radius 3 is 2.55 bits per heavy atom. The number of carbonyl (C=O) groups is 1. The highest BCUT2D eigenvalue weighted by Crippen LogP contribution is 2.42. The van der Waals surface area contributed by atoms with Crippen LogP contribution in [0.4, 0.5) is 17.6 Å². The van der Waals surface area contributed by atoms with Gasteiger partial charge in [-0.2, -0.15) is 18.4 Å². The van der Waals surface area contributed by atoms with Crippen LogP contribution in [-0.4, -0.2) is 37.2 Å². The SMILES string of the molecule is Cc1cc(-c2cc(Cl)ccc2OCCn2c(C)nc3cc(C(F)(F)F)c(-c4cnc(C)c(F)c4)c(C#N)c3c2=O)c2scc(C(=O)O)c2n1. The van der Waals surface area contributed by atoms with Crippen molar-refractivity contribution >= 4 is 50.0 Å². The quantitative estimate of drug-likeness (QED) is 0.165. The largest absolute Gasteiger partial charge is 0.491 e. The van der Waals surface area contributed by atoms with Crippen LogP contribution in [0.2, 0.25) is 5.02 Å². The number of alkyl halides is 3. The van der Waals surface area contributed by atoms with E-state index < -0.39 is 40.2 Å². The van der Waals surface area contributed by atoms with Crippen LogP contribution in [0.3, 0.4) is 0 Å². The van der Waals surface area contributed by atoms with Gasteiger partial charge in [0.1, 0.15) is 30.1 Å².